The Morgan fingerprint density at radius 1 is 0.812 bits per heavy atom. The van der Waals surface area contributed by atoms with E-state index in [-0.39, 0.29) is 17.5 Å². The monoisotopic (exact) mass is 426 g/mol. The van der Waals surface area contributed by atoms with Crippen LogP contribution in [0.3, 0.4) is 0 Å². The summed E-state index contributed by atoms with van der Waals surface area (Å²) in [6.07, 6.45) is 0. The van der Waals surface area contributed by atoms with Gasteiger partial charge in [0, 0.05) is 11.8 Å². The van der Waals surface area contributed by atoms with Crippen LogP contribution in [-0.2, 0) is 9.59 Å². The molecule has 0 unspecified atom stereocenters. The predicted octanol–water partition coefficient (Wildman–Crippen LogP) is 5.41. The lowest BCUT2D eigenvalue weighted by molar-refractivity contribution is -0.120. The number of aryl methyl sites for hydroxylation is 3. The molecule has 0 fully saturated rings. The van der Waals surface area contributed by atoms with Gasteiger partial charge in [-0.1, -0.05) is 42.5 Å². The van der Waals surface area contributed by atoms with Gasteiger partial charge in [-0.3, -0.25) is 9.59 Å². The SMILES string of the molecule is CCOc1cccc(N2C(=O)C(Nc3ccccc3C)=C(c3ccc(C)c(C)c3)C2=O)c1. The van der Waals surface area contributed by atoms with E-state index in [2.05, 4.69) is 5.32 Å². The van der Waals surface area contributed by atoms with Crippen LogP contribution in [-0.4, -0.2) is 18.4 Å². The topological polar surface area (TPSA) is 58.6 Å². The fourth-order valence-corrected chi connectivity index (χ4v) is 3.77. The minimum absolute atomic E-state index is 0.273. The summed E-state index contributed by atoms with van der Waals surface area (Å²) in [6.45, 7) is 8.37. The average molecular weight is 427 g/mol. The Kier molecular flexibility index (Phi) is 5.82. The summed E-state index contributed by atoms with van der Waals surface area (Å²) in [4.78, 5) is 28.4. The second kappa shape index (κ2) is 8.71. The summed E-state index contributed by atoms with van der Waals surface area (Å²) in [7, 11) is 0. The lowest BCUT2D eigenvalue weighted by Gasteiger charge is -2.17. The lowest BCUT2D eigenvalue weighted by atomic mass is 9.99. The number of carbonyl (C=O) groups excluding carboxylic acids is 2. The normalized spacial score (nSPS) is 13.7. The molecule has 0 aliphatic carbocycles. The Morgan fingerprint density at radius 3 is 2.31 bits per heavy atom. The average Bonchev–Trinajstić information content (AvgIpc) is 3.01. The van der Waals surface area contributed by atoms with Crippen molar-refractivity contribution in [1.29, 1.82) is 0 Å². The standard InChI is InChI=1S/C27H26N2O3/c1-5-32-22-11-8-10-21(16-22)29-26(30)24(20-14-13-17(2)19(4)15-20)25(27(29)31)28-23-12-7-6-9-18(23)3/h6-16,28H,5H2,1-4H3. The van der Waals surface area contributed by atoms with Crippen molar-refractivity contribution < 1.29 is 14.3 Å². The van der Waals surface area contributed by atoms with Gasteiger partial charge in [0.15, 0.2) is 0 Å². The minimum atomic E-state index is -0.389. The first-order chi connectivity index (χ1) is 15.4. The molecule has 1 N–H and O–H groups in total. The summed E-state index contributed by atoms with van der Waals surface area (Å²) in [5.41, 5.74) is 5.78. The van der Waals surface area contributed by atoms with Crippen molar-refractivity contribution in [2.45, 2.75) is 27.7 Å². The quantitative estimate of drug-likeness (QED) is 0.536. The van der Waals surface area contributed by atoms with Crippen molar-refractivity contribution in [1.82, 2.24) is 0 Å². The van der Waals surface area contributed by atoms with E-state index in [1.54, 1.807) is 18.2 Å². The second-order valence-corrected chi connectivity index (χ2v) is 7.87. The molecule has 0 radical (unpaired) electrons. The molecule has 4 rings (SSSR count). The highest BCUT2D eigenvalue weighted by molar-refractivity contribution is 6.46. The van der Waals surface area contributed by atoms with Crippen LogP contribution in [0.1, 0.15) is 29.2 Å². The zero-order valence-corrected chi connectivity index (χ0v) is 18.7. The van der Waals surface area contributed by atoms with E-state index in [0.717, 1.165) is 22.4 Å². The molecule has 1 aliphatic heterocycles. The van der Waals surface area contributed by atoms with Crippen LogP contribution in [0.25, 0.3) is 5.57 Å². The Labute approximate surface area is 188 Å². The molecule has 162 valence electrons. The molecule has 1 heterocycles. The van der Waals surface area contributed by atoms with Gasteiger partial charge in [-0.2, -0.15) is 0 Å². The first-order valence-corrected chi connectivity index (χ1v) is 10.7. The van der Waals surface area contributed by atoms with Crippen molar-refractivity contribution >= 4 is 28.8 Å². The molecule has 0 aromatic heterocycles. The fraction of sp³-hybridized carbons (Fsp3) is 0.185. The molecule has 5 heteroatoms. The van der Waals surface area contributed by atoms with E-state index in [1.807, 2.05) is 76.2 Å². The predicted molar refractivity (Wildman–Crippen MR) is 128 cm³/mol. The fourth-order valence-electron chi connectivity index (χ4n) is 3.77. The van der Waals surface area contributed by atoms with Gasteiger partial charge in [0.25, 0.3) is 11.8 Å². The summed E-state index contributed by atoms with van der Waals surface area (Å²) in [5, 5.41) is 3.25. The van der Waals surface area contributed by atoms with Gasteiger partial charge < -0.3 is 10.1 Å². The number of anilines is 2. The van der Waals surface area contributed by atoms with E-state index < -0.39 is 0 Å². The highest BCUT2D eigenvalue weighted by Crippen LogP contribution is 2.35. The molecule has 32 heavy (non-hydrogen) atoms. The Hall–Kier alpha value is -3.86. The zero-order valence-electron chi connectivity index (χ0n) is 18.7. The van der Waals surface area contributed by atoms with Crippen LogP contribution < -0.4 is 15.0 Å². The molecule has 0 saturated carbocycles. The van der Waals surface area contributed by atoms with E-state index in [9.17, 15) is 9.59 Å². The number of hydrogen-bond donors (Lipinski definition) is 1. The summed E-state index contributed by atoms with van der Waals surface area (Å²) in [5.74, 6) is -0.137. The number of nitrogens with zero attached hydrogens (tertiary/aromatic N) is 1. The van der Waals surface area contributed by atoms with Crippen LogP contribution in [0.15, 0.2) is 72.4 Å². The molecule has 0 saturated heterocycles. The highest BCUT2D eigenvalue weighted by Gasteiger charge is 2.40. The molecule has 0 atom stereocenters. The van der Waals surface area contributed by atoms with Gasteiger partial charge in [-0.15, -0.1) is 0 Å². The van der Waals surface area contributed by atoms with E-state index >= 15 is 0 Å². The number of hydrogen-bond acceptors (Lipinski definition) is 4. The zero-order chi connectivity index (χ0) is 22.8. The van der Waals surface area contributed by atoms with Crippen molar-refractivity contribution in [3.8, 4) is 5.75 Å². The maximum Gasteiger partial charge on any atom is 0.282 e. The van der Waals surface area contributed by atoms with Crippen LogP contribution >= 0.6 is 0 Å². The number of rotatable bonds is 6. The Bertz CT molecular complexity index is 1240. The van der Waals surface area contributed by atoms with Gasteiger partial charge in [-0.25, -0.2) is 4.90 Å². The van der Waals surface area contributed by atoms with Crippen LogP contribution in [0.4, 0.5) is 11.4 Å². The van der Waals surface area contributed by atoms with E-state index in [0.29, 0.717) is 29.2 Å². The third-order valence-corrected chi connectivity index (χ3v) is 5.67. The van der Waals surface area contributed by atoms with Crippen LogP contribution in [0.5, 0.6) is 5.75 Å². The molecule has 2 amide bonds. The molecule has 3 aromatic carbocycles. The van der Waals surface area contributed by atoms with Crippen molar-refractivity contribution in [3.63, 3.8) is 0 Å². The molecule has 1 aliphatic rings. The van der Waals surface area contributed by atoms with Crippen LogP contribution in [0.2, 0.25) is 0 Å². The summed E-state index contributed by atoms with van der Waals surface area (Å²) < 4.78 is 5.58. The van der Waals surface area contributed by atoms with Crippen molar-refractivity contribution in [2.24, 2.45) is 0 Å². The number of carbonyl (C=O) groups is 2. The number of nitrogens with one attached hydrogen (secondary N) is 1. The molecule has 3 aromatic rings. The van der Waals surface area contributed by atoms with E-state index in [1.165, 1.54) is 4.90 Å². The first kappa shape index (κ1) is 21.4. The highest BCUT2D eigenvalue weighted by atomic mass is 16.5. The number of benzene rings is 3. The maximum atomic E-state index is 13.6. The third-order valence-electron chi connectivity index (χ3n) is 5.67. The second-order valence-electron chi connectivity index (χ2n) is 7.87. The molecule has 0 bridgehead atoms. The Balaban J connectivity index is 1.84. The maximum absolute atomic E-state index is 13.6. The van der Waals surface area contributed by atoms with Gasteiger partial charge in [-0.05, 0) is 68.1 Å². The van der Waals surface area contributed by atoms with Crippen LogP contribution in [0, 0.1) is 20.8 Å². The van der Waals surface area contributed by atoms with Crippen molar-refractivity contribution in [3.05, 3.63) is 94.7 Å². The number of amides is 2. The third kappa shape index (κ3) is 3.89. The summed E-state index contributed by atoms with van der Waals surface area (Å²) >= 11 is 0. The first-order valence-electron chi connectivity index (χ1n) is 10.7. The minimum Gasteiger partial charge on any atom is -0.494 e. The van der Waals surface area contributed by atoms with Gasteiger partial charge in [0.1, 0.15) is 11.4 Å². The van der Waals surface area contributed by atoms with Gasteiger partial charge in [0.2, 0.25) is 0 Å². The largest absolute Gasteiger partial charge is 0.494 e. The lowest BCUT2D eigenvalue weighted by Crippen LogP contribution is -2.32. The number of para-hydroxylation sites is 1. The number of ether oxygens (including phenoxy) is 1. The Morgan fingerprint density at radius 2 is 1.59 bits per heavy atom. The molecular weight excluding hydrogens is 400 g/mol. The number of imide groups is 1. The van der Waals surface area contributed by atoms with Gasteiger partial charge >= 0.3 is 0 Å². The summed E-state index contributed by atoms with van der Waals surface area (Å²) in [6, 6.07) is 20.6. The molecule has 0 spiro atoms. The smallest absolute Gasteiger partial charge is 0.282 e. The van der Waals surface area contributed by atoms with Crippen molar-refractivity contribution in [2.75, 3.05) is 16.8 Å². The van der Waals surface area contributed by atoms with E-state index in [4.69, 9.17) is 4.74 Å². The molecular formula is C27H26N2O3. The molecule has 5 nitrogen and oxygen atoms in total. The van der Waals surface area contributed by atoms with Gasteiger partial charge in [0.05, 0.1) is 17.9 Å².